The molecule has 0 spiro atoms. The molecule has 0 radical (unpaired) electrons. The van der Waals surface area contributed by atoms with E-state index in [9.17, 15) is 4.79 Å². The lowest BCUT2D eigenvalue weighted by Crippen LogP contribution is -2.29. The van der Waals surface area contributed by atoms with Crippen LogP contribution in [-0.2, 0) is 5.75 Å². The second-order valence-electron chi connectivity index (χ2n) is 3.61. The zero-order valence-electron chi connectivity index (χ0n) is 9.84. The quantitative estimate of drug-likeness (QED) is 0.386. The Labute approximate surface area is 123 Å². The Morgan fingerprint density at radius 2 is 2.26 bits per heavy atom. The first-order valence-corrected chi connectivity index (χ1v) is 7.16. The van der Waals surface area contributed by atoms with Gasteiger partial charge in [-0.25, -0.2) is 10.8 Å². The van der Waals surface area contributed by atoms with Gasteiger partial charge in [0.2, 0.25) is 0 Å². The molecule has 98 valence electrons. The largest absolute Gasteiger partial charge is 0.290 e. The second kappa shape index (κ2) is 6.65. The van der Waals surface area contributed by atoms with E-state index in [0.29, 0.717) is 5.56 Å². The molecular weight excluding hydrogens is 328 g/mol. The van der Waals surface area contributed by atoms with Crippen LogP contribution in [0.5, 0.6) is 0 Å². The molecule has 7 heteroatoms. The van der Waals surface area contributed by atoms with E-state index in [1.807, 2.05) is 6.07 Å². The first kappa shape index (κ1) is 14.0. The molecule has 0 aliphatic rings. The van der Waals surface area contributed by atoms with Crippen LogP contribution in [0.2, 0.25) is 0 Å². The summed E-state index contributed by atoms with van der Waals surface area (Å²) in [6.45, 7) is 0. The van der Waals surface area contributed by atoms with E-state index in [-0.39, 0.29) is 5.91 Å². The number of nitrogens with two attached hydrogens (primary N) is 1. The molecule has 1 amide bonds. The van der Waals surface area contributed by atoms with Crippen LogP contribution in [0.25, 0.3) is 0 Å². The number of hydrogen-bond donors (Lipinski definition) is 2. The summed E-state index contributed by atoms with van der Waals surface area (Å²) in [7, 11) is 0. The number of rotatable bonds is 4. The van der Waals surface area contributed by atoms with Crippen LogP contribution in [0.3, 0.4) is 0 Å². The Balaban J connectivity index is 2.07. The minimum absolute atomic E-state index is 0.311. The summed E-state index contributed by atoms with van der Waals surface area (Å²) in [5.74, 6) is 5.52. The molecule has 0 atom stereocenters. The van der Waals surface area contributed by atoms with Crippen molar-refractivity contribution in [1.29, 1.82) is 0 Å². The van der Waals surface area contributed by atoms with Gasteiger partial charge in [0, 0.05) is 28.2 Å². The van der Waals surface area contributed by atoms with Gasteiger partial charge in [-0.15, -0.1) is 11.8 Å². The van der Waals surface area contributed by atoms with Crippen molar-refractivity contribution in [1.82, 2.24) is 15.4 Å². The van der Waals surface area contributed by atoms with Crippen LogP contribution in [0, 0.1) is 0 Å². The topological polar surface area (TPSA) is 80.9 Å². The minimum atomic E-state index is -0.311. The fourth-order valence-electron chi connectivity index (χ4n) is 1.40. The number of thioether (sulfide) groups is 1. The highest BCUT2D eigenvalue weighted by Gasteiger charge is 2.07. The number of benzene rings is 1. The van der Waals surface area contributed by atoms with Gasteiger partial charge < -0.3 is 0 Å². The number of nitrogens with zero attached hydrogens (tertiary/aromatic N) is 2. The number of hydrogen-bond acceptors (Lipinski definition) is 5. The van der Waals surface area contributed by atoms with Crippen LogP contribution >= 0.6 is 27.7 Å². The third kappa shape index (κ3) is 3.76. The fourth-order valence-corrected chi connectivity index (χ4v) is 2.93. The number of aromatic nitrogens is 2. The monoisotopic (exact) mass is 338 g/mol. The zero-order chi connectivity index (χ0) is 13.7. The van der Waals surface area contributed by atoms with Crippen LogP contribution in [0.4, 0.5) is 0 Å². The summed E-state index contributed by atoms with van der Waals surface area (Å²) in [6.07, 6.45) is 5.01. The van der Waals surface area contributed by atoms with Crippen LogP contribution in [0.15, 0.2) is 46.3 Å². The van der Waals surface area contributed by atoms with Gasteiger partial charge in [-0.05, 0) is 17.7 Å². The lowest BCUT2D eigenvalue weighted by atomic mass is 10.1. The highest BCUT2D eigenvalue weighted by atomic mass is 79.9. The summed E-state index contributed by atoms with van der Waals surface area (Å²) in [5.41, 5.74) is 3.69. The van der Waals surface area contributed by atoms with Crippen molar-refractivity contribution in [2.24, 2.45) is 5.84 Å². The summed E-state index contributed by atoms with van der Waals surface area (Å²) >= 11 is 5.03. The predicted molar refractivity (Wildman–Crippen MR) is 77.4 cm³/mol. The van der Waals surface area contributed by atoms with Crippen molar-refractivity contribution in [2.45, 2.75) is 10.8 Å². The normalized spacial score (nSPS) is 10.2. The average molecular weight is 339 g/mol. The zero-order valence-corrected chi connectivity index (χ0v) is 12.2. The Bertz CT molecular complexity index is 579. The number of amides is 1. The molecule has 1 heterocycles. The van der Waals surface area contributed by atoms with Gasteiger partial charge >= 0.3 is 0 Å². The summed E-state index contributed by atoms with van der Waals surface area (Å²) in [6, 6.07) is 5.37. The maximum atomic E-state index is 11.4. The standard InChI is InChI=1S/C12H11BrN4OS/c13-10-5-8(12(18)17-14)1-2-9(10)7-19-11-6-15-3-4-16-11/h1-6H,7,14H2,(H,17,18). The smallest absolute Gasteiger partial charge is 0.265 e. The van der Waals surface area contributed by atoms with Crippen LogP contribution in [-0.4, -0.2) is 15.9 Å². The SMILES string of the molecule is NNC(=O)c1ccc(CSc2cnccn2)c(Br)c1. The van der Waals surface area contributed by atoms with Crippen molar-refractivity contribution < 1.29 is 4.79 Å². The molecule has 2 aromatic rings. The molecule has 0 bridgehead atoms. The Morgan fingerprint density at radius 3 is 2.89 bits per heavy atom. The molecular formula is C12H11BrN4OS. The molecule has 1 aromatic carbocycles. The number of hydrazine groups is 1. The van der Waals surface area contributed by atoms with Gasteiger partial charge in [-0.3, -0.25) is 15.2 Å². The van der Waals surface area contributed by atoms with Gasteiger partial charge in [0.25, 0.3) is 5.91 Å². The van der Waals surface area contributed by atoms with Crippen molar-refractivity contribution in [3.8, 4) is 0 Å². The summed E-state index contributed by atoms with van der Waals surface area (Å²) in [5, 5.41) is 0.859. The summed E-state index contributed by atoms with van der Waals surface area (Å²) in [4.78, 5) is 19.6. The molecule has 1 aromatic heterocycles. The Kier molecular flexibility index (Phi) is 4.89. The van der Waals surface area contributed by atoms with E-state index in [2.05, 4.69) is 31.3 Å². The number of nitrogen functional groups attached to an aromatic ring is 1. The second-order valence-corrected chi connectivity index (χ2v) is 5.46. The van der Waals surface area contributed by atoms with E-state index in [1.54, 1.807) is 42.5 Å². The number of carbonyl (C=O) groups is 1. The molecule has 3 N–H and O–H groups in total. The van der Waals surface area contributed by atoms with Crippen molar-refractivity contribution >= 4 is 33.6 Å². The maximum Gasteiger partial charge on any atom is 0.265 e. The summed E-state index contributed by atoms with van der Waals surface area (Å²) < 4.78 is 0.866. The van der Waals surface area contributed by atoms with Gasteiger partial charge in [-0.2, -0.15) is 0 Å². The molecule has 0 saturated carbocycles. The predicted octanol–water partition coefficient (Wildman–Crippen LogP) is 2.13. The van der Waals surface area contributed by atoms with Gasteiger partial charge in [0.05, 0.1) is 6.20 Å². The highest BCUT2D eigenvalue weighted by Crippen LogP contribution is 2.26. The molecule has 0 saturated heterocycles. The van der Waals surface area contributed by atoms with E-state index < -0.39 is 0 Å². The van der Waals surface area contributed by atoms with E-state index in [0.717, 1.165) is 20.8 Å². The molecule has 0 fully saturated rings. The molecule has 5 nitrogen and oxygen atoms in total. The number of halogens is 1. The third-order valence-electron chi connectivity index (χ3n) is 2.36. The van der Waals surface area contributed by atoms with Crippen molar-refractivity contribution in [3.63, 3.8) is 0 Å². The Morgan fingerprint density at radius 1 is 1.42 bits per heavy atom. The first-order valence-electron chi connectivity index (χ1n) is 5.39. The molecule has 0 aliphatic carbocycles. The van der Waals surface area contributed by atoms with Crippen molar-refractivity contribution in [2.75, 3.05) is 0 Å². The lowest BCUT2D eigenvalue weighted by molar-refractivity contribution is 0.0953. The van der Waals surface area contributed by atoms with Crippen LogP contribution < -0.4 is 11.3 Å². The van der Waals surface area contributed by atoms with Gasteiger partial charge in [-0.1, -0.05) is 22.0 Å². The first-order chi connectivity index (χ1) is 9.20. The number of carbonyl (C=O) groups excluding carboxylic acids is 1. The Hall–Kier alpha value is -1.44. The average Bonchev–Trinajstić information content (AvgIpc) is 2.46. The van der Waals surface area contributed by atoms with Crippen molar-refractivity contribution in [3.05, 3.63) is 52.4 Å². The lowest BCUT2D eigenvalue weighted by Gasteiger charge is -2.06. The molecule has 2 rings (SSSR count). The number of nitrogens with one attached hydrogen (secondary N) is 1. The van der Waals surface area contributed by atoms with Gasteiger partial charge in [0.1, 0.15) is 5.03 Å². The maximum absolute atomic E-state index is 11.4. The molecule has 19 heavy (non-hydrogen) atoms. The minimum Gasteiger partial charge on any atom is -0.290 e. The highest BCUT2D eigenvalue weighted by molar-refractivity contribution is 9.10. The fraction of sp³-hybridized carbons (Fsp3) is 0.0833. The molecule has 0 unspecified atom stereocenters. The third-order valence-corrected chi connectivity index (χ3v) is 4.06. The van der Waals surface area contributed by atoms with E-state index >= 15 is 0 Å². The van der Waals surface area contributed by atoms with Gasteiger partial charge in [0.15, 0.2) is 0 Å². The molecule has 0 aliphatic heterocycles. The van der Waals surface area contributed by atoms with E-state index in [4.69, 9.17) is 5.84 Å². The van der Waals surface area contributed by atoms with E-state index in [1.165, 1.54) is 0 Å². The van der Waals surface area contributed by atoms with Crippen LogP contribution in [0.1, 0.15) is 15.9 Å².